The van der Waals surface area contributed by atoms with E-state index in [9.17, 15) is 9.59 Å². The van der Waals surface area contributed by atoms with Crippen molar-refractivity contribution in [3.05, 3.63) is 36.2 Å². The van der Waals surface area contributed by atoms with Crippen LogP contribution in [0.4, 0.5) is 0 Å². The zero-order valence-electron chi connectivity index (χ0n) is 11.0. The van der Waals surface area contributed by atoms with Gasteiger partial charge in [0.2, 0.25) is 0 Å². The van der Waals surface area contributed by atoms with Crippen LogP contribution >= 0.6 is 0 Å². The van der Waals surface area contributed by atoms with Crippen LogP contribution in [0.1, 0.15) is 17.3 Å². The molecular weight excluding hydrogens is 262 g/mol. The Bertz CT molecular complexity index is 594. The van der Waals surface area contributed by atoms with Gasteiger partial charge in [-0.2, -0.15) is 0 Å². The number of esters is 1. The lowest BCUT2D eigenvalue weighted by molar-refractivity contribution is -0.142. The zero-order valence-corrected chi connectivity index (χ0v) is 11.0. The Morgan fingerprint density at radius 3 is 2.55 bits per heavy atom. The molecule has 1 heterocycles. The first kappa shape index (κ1) is 13.7. The Labute approximate surface area is 114 Å². The highest BCUT2D eigenvalue weighted by molar-refractivity contribution is 5.96. The number of methoxy groups -OCH3 is 1. The molecular formula is C12H13N5O3. The van der Waals surface area contributed by atoms with Gasteiger partial charge in [-0.3, -0.25) is 4.79 Å². The Balaban J connectivity index is 2.06. The van der Waals surface area contributed by atoms with Crippen molar-refractivity contribution in [3.63, 3.8) is 0 Å². The molecule has 0 fully saturated rings. The SMILES string of the molecule is COC(=O)[C@H](C)NC(=O)c1ccc(-n2cnnn2)cc1. The number of benzene rings is 1. The zero-order chi connectivity index (χ0) is 14.5. The average Bonchev–Trinajstić information content (AvgIpc) is 3.00. The van der Waals surface area contributed by atoms with Gasteiger partial charge in [0, 0.05) is 5.56 Å². The van der Waals surface area contributed by atoms with Gasteiger partial charge in [0.25, 0.3) is 5.91 Å². The van der Waals surface area contributed by atoms with Crippen molar-refractivity contribution in [1.82, 2.24) is 25.5 Å². The van der Waals surface area contributed by atoms with Crippen LogP contribution in [0.25, 0.3) is 5.69 Å². The smallest absolute Gasteiger partial charge is 0.328 e. The van der Waals surface area contributed by atoms with E-state index in [-0.39, 0.29) is 5.91 Å². The second-order valence-electron chi connectivity index (χ2n) is 4.02. The highest BCUT2D eigenvalue weighted by Gasteiger charge is 2.16. The first-order chi connectivity index (χ1) is 9.61. The minimum absolute atomic E-state index is 0.355. The van der Waals surface area contributed by atoms with Crippen molar-refractivity contribution in [2.75, 3.05) is 7.11 Å². The molecule has 104 valence electrons. The van der Waals surface area contributed by atoms with Crippen LogP contribution in [0.3, 0.4) is 0 Å². The first-order valence-corrected chi connectivity index (χ1v) is 5.84. The molecule has 1 aromatic heterocycles. The minimum Gasteiger partial charge on any atom is -0.467 e. The van der Waals surface area contributed by atoms with Gasteiger partial charge in [-0.25, -0.2) is 9.48 Å². The number of nitrogens with one attached hydrogen (secondary N) is 1. The number of aromatic nitrogens is 4. The third-order valence-electron chi connectivity index (χ3n) is 2.65. The fraction of sp³-hybridized carbons (Fsp3) is 0.250. The molecule has 0 saturated heterocycles. The Kier molecular flexibility index (Phi) is 4.04. The van der Waals surface area contributed by atoms with Gasteiger partial charge in [-0.15, -0.1) is 5.10 Å². The molecule has 0 unspecified atom stereocenters. The molecule has 0 spiro atoms. The fourth-order valence-corrected chi connectivity index (χ4v) is 1.56. The van der Waals surface area contributed by atoms with E-state index in [0.29, 0.717) is 5.56 Å². The van der Waals surface area contributed by atoms with Crippen LogP contribution in [-0.4, -0.2) is 45.2 Å². The summed E-state index contributed by atoms with van der Waals surface area (Å²) in [5.41, 5.74) is 1.16. The Hall–Kier alpha value is -2.77. The van der Waals surface area contributed by atoms with Crippen molar-refractivity contribution >= 4 is 11.9 Å². The van der Waals surface area contributed by atoms with Crippen molar-refractivity contribution in [3.8, 4) is 5.69 Å². The molecule has 1 N–H and O–H groups in total. The topological polar surface area (TPSA) is 99.0 Å². The van der Waals surface area contributed by atoms with E-state index in [2.05, 4.69) is 25.6 Å². The lowest BCUT2D eigenvalue weighted by atomic mass is 10.2. The second-order valence-corrected chi connectivity index (χ2v) is 4.02. The Morgan fingerprint density at radius 2 is 2.00 bits per heavy atom. The quantitative estimate of drug-likeness (QED) is 0.786. The number of tetrazole rings is 1. The molecule has 0 radical (unpaired) electrons. The average molecular weight is 275 g/mol. The summed E-state index contributed by atoms with van der Waals surface area (Å²) in [4.78, 5) is 23.1. The molecule has 0 bridgehead atoms. The number of carbonyl (C=O) groups is 2. The number of hydrogen-bond donors (Lipinski definition) is 1. The summed E-state index contributed by atoms with van der Waals surface area (Å²) >= 11 is 0. The standard InChI is InChI=1S/C12H13N5O3/c1-8(12(19)20-2)14-11(18)9-3-5-10(6-4-9)17-7-13-15-16-17/h3-8H,1-2H3,(H,14,18)/t8-/m0/s1. The molecule has 0 aliphatic heterocycles. The van der Waals surface area contributed by atoms with Crippen LogP contribution in [0.2, 0.25) is 0 Å². The Morgan fingerprint density at radius 1 is 1.30 bits per heavy atom. The van der Waals surface area contributed by atoms with E-state index in [4.69, 9.17) is 0 Å². The van der Waals surface area contributed by atoms with E-state index >= 15 is 0 Å². The van der Waals surface area contributed by atoms with Gasteiger partial charge in [-0.05, 0) is 41.6 Å². The first-order valence-electron chi connectivity index (χ1n) is 5.84. The maximum atomic E-state index is 11.9. The lowest BCUT2D eigenvalue weighted by Gasteiger charge is -2.11. The van der Waals surface area contributed by atoms with E-state index in [1.165, 1.54) is 18.1 Å². The van der Waals surface area contributed by atoms with Crippen LogP contribution < -0.4 is 5.32 Å². The predicted octanol–water partition coefficient (Wildman–Crippen LogP) is -0.0464. The van der Waals surface area contributed by atoms with Crippen LogP contribution in [0, 0.1) is 0 Å². The maximum absolute atomic E-state index is 11.9. The fourth-order valence-electron chi connectivity index (χ4n) is 1.56. The van der Waals surface area contributed by atoms with Crippen molar-refractivity contribution in [1.29, 1.82) is 0 Å². The van der Waals surface area contributed by atoms with Crippen molar-refractivity contribution < 1.29 is 14.3 Å². The number of amides is 1. The van der Waals surface area contributed by atoms with Gasteiger partial charge >= 0.3 is 5.97 Å². The van der Waals surface area contributed by atoms with E-state index < -0.39 is 12.0 Å². The number of ether oxygens (including phenoxy) is 1. The largest absolute Gasteiger partial charge is 0.467 e. The normalized spacial score (nSPS) is 11.7. The highest BCUT2D eigenvalue weighted by Crippen LogP contribution is 2.08. The van der Waals surface area contributed by atoms with Crippen LogP contribution in [0.5, 0.6) is 0 Å². The molecule has 8 nitrogen and oxygen atoms in total. The molecule has 1 aromatic carbocycles. The highest BCUT2D eigenvalue weighted by atomic mass is 16.5. The van der Waals surface area contributed by atoms with Gasteiger partial charge < -0.3 is 10.1 Å². The van der Waals surface area contributed by atoms with Crippen molar-refractivity contribution in [2.45, 2.75) is 13.0 Å². The summed E-state index contributed by atoms with van der Waals surface area (Å²) in [7, 11) is 1.27. The van der Waals surface area contributed by atoms with Gasteiger partial charge in [0.1, 0.15) is 12.4 Å². The van der Waals surface area contributed by atoms with Crippen molar-refractivity contribution in [2.24, 2.45) is 0 Å². The van der Waals surface area contributed by atoms with E-state index in [1.807, 2.05) is 0 Å². The summed E-state index contributed by atoms with van der Waals surface area (Å²) in [5.74, 6) is -0.852. The summed E-state index contributed by atoms with van der Waals surface area (Å²) in [5, 5.41) is 13.3. The molecule has 8 heteroatoms. The number of nitrogens with zero attached hydrogens (tertiary/aromatic N) is 4. The number of hydrogen-bond acceptors (Lipinski definition) is 6. The minimum atomic E-state index is -0.702. The molecule has 20 heavy (non-hydrogen) atoms. The van der Waals surface area contributed by atoms with E-state index in [0.717, 1.165) is 5.69 Å². The second kappa shape index (κ2) is 5.91. The molecule has 0 aliphatic carbocycles. The summed E-state index contributed by atoms with van der Waals surface area (Å²) < 4.78 is 6.01. The number of rotatable bonds is 4. The number of carbonyl (C=O) groups excluding carboxylic acids is 2. The molecule has 1 atom stereocenters. The van der Waals surface area contributed by atoms with Crippen LogP contribution in [0.15, 0.2) is 30.6 Å². The lowest BCUT2D eigenvalue weighted by Crippen LogP contribution is -2.39. The monoisotopic (exact) mass is 275 g/mol. The summed E-state index contributed by atoms with van der Waals surface area (Å²) in [6.45, 7) is 1.55. The summed E-state index contributed by atoms with van der Waals surface area (Å²) in [6, 6.07) is 5.95. The third kappa shape index (κ3) is 2.97. The third-order valence-corrected chi connectivity index (χ3v) is 2.65. The van der Waals surface area contributed by atoms with Gasteiger partial charge in [0.15, 0.2) is 0 Å². The summed E-state index contributed by atoms with van der Waals surface area (Å²) in [6.07, 6.45) is 1.45. The van der Waals surface area contributed by atoms with Gasteiger partial charge in [0.05, 0.1) is 12.8 Å². The van der Waals surface area contributed by atoms with Crippen LogP contribution in [-0.2, 0) is 9.53 Å². The molecule has 2 aromatic rings. The van der Waals surface area contributed by atoms with E-state index in [1.54, 1.807) is 31.2 Å². The molecule has 0 aliphatic rings. The molecule has 2 rings (SSSR count). The maximum Gasteiger partial charge on any atom is 0.328 e. The van der Waals surface area contributed by atoms with Gasteiger partial charge in [-0.1, -0.05) is 0 Å². The predicted molar refractivity (Wildman–Crippen MR) is 68.1 cm³/mol. The molecule has 1 amide bonds. The molecule has 0 saturated carbocycles.